The maximum absolute atomic E-state index is 13.1. The van der Waals surface area contributed by atoms with Crippen molar-refractivity contribution in [2.75, 3.05) is 0 Å². The summed E-state index contributed by atoms with van der Waals surface area (Å²) < 4.78 is 2.09. The summed E-state index contributed by atoms with van der Waals surface area (Å²) in [6, 6.07) is 9.24. The van der Waals surface area contributed by atoms with Gasteiger partial charge >= 0.3 is 0 Å². The van der Waals surface area contributed by atoms with Gasteiger partial charge in [-0.25, -0.2) is 4.68 Å². The van der Waals surface area contributed by atoms with Crippen LogP contribution in [0.5, 0.6) is 0 Å². The first-order valence-electron chi connectivity index (χ1n) is 12.3. The number of fused-ring (bicyclic) bond motifs is 1. The average Bonchev–Trinajstić information content (AvgIpc) is 3.56. The number of para-hydroxylation sites is 1. The lowest BCUT2D eigenvalue weighted by atomic mass is 10.0. The number of aromatic nitrogens is 5. The zero-order valence-electron chi connectivity index (χ0n) is 19.3. The standard InChI is InChI=1S/C25H34N6O/c1-3-22(24-27-28-29-31(24)21-13-6-7-14-21)30(20-11-4-5-12-20)16-19-15-18-10-8-9-17(2)23(18)26-25(19)32/h8-10,15,20-22H,3-7,11-14,16H2,1-2H3,(H,26,32)/t22-/m0/s1. The van der Waals surface area contributed by atoms with Crippen LogP contribution in [0, 0.1) is 6.92 Å². The molecule has 1 atom stereocenters. The molecule has 0 bridgehead atoms. The minimum absolute atomic E-state index is 0.0139. The van der Waals surface area contributed by atoms with Crippen LogP contribution in [0.1, 0.15) is 93.7 Å². The van der Waals surface area contributed by atoms with E-state index in [-0.39, 0.29) is 11.6 Å². The third kappa shape index (κ3) is 3.98. The number of tetrazole rings is 1. The molecule has 0 saturated heterocycles. The van der Waals surface area contributed by atoms with Gasteiger partial charge in [-0.2, -0.15) is 0 Å². The van der Waals surface area contributed by atoms with E-state index in [0.717, 1.165) is 47.1 Å². The summed E-state index contributed by atoms with van der Waals surface area (Å²) in [5.41, 5.74) is 2.88. The van der Waals surface area contributed by atoms with E-state index in [2.05, 4.69) is 55.2 Å². The largest absolute Gasteiger partial charge is 0.321 e. The molecule has 0 radical (unpaired) electrons. The van der Waals surface area contributed by atoms with Crippen molar-refractivity contribution < 1.29 is 0 Å². The molecule has 2 aliphatic rings. The third-order valence-electron chi connectivity index (χ3n) is 7.59. The number of aromatic amines is 1. The van der Waals surface area contributed by atoms with Gasteiger partial charge in [0.25, 0.3) is 5.56 Å². The molecule has 2 aliphatic carbocycles. The maximum atomic E-state index is 13.1. The van der Waals surface area contributed by atoms with Gasteiger partial charge in [0, 0.05) is 18.2 Å². The Hall–Kier alpha value is -2.54. The van der Waals surface area contributed by atoms with E-state index in [9.17, 15) is 4.79 Å². The highest BCUT2D eigenvalue weighted by molar-refractivity contribution is 5.81. The Morgan fingerprint density at radius 2 is 1.91 bits per heavy atom. The van der Waals surface area contributed by atoms with E-state index in [1.165, 1.54) is 38.5 Å². The first-order chi connectivity index (χ1) is 15.7. The van der Waals surface area contributed by atoms with E-state index in [1.807, 2.05) is 13.0 Å². The van der Waals surface area contributed by atoms with E-state index < -0.39 is 0 Å². The first kappa shape index (κ1) is 21.3. The number of nitrogens with zero attached hydrogens (tertiary/aromatic N) is 5. The van der Waals surface area contributed by atoms with Crippen molar-refractivity contribution in [3.63, 3.8) is 0 Å². The Balaban J connectivity index is 1.52. The van der Waals surface area contributed by atoms with Crippen molar-refractivity contribution >= 4 is 10.9 Å². The minimum atomic E-state index is 0.0139. The monoisotopic (exact) mass is 434 g/mol. The van der Waals surface area contributed by atoms with E-state index in [1.54, 1.807) is 0 Å². The minimum Gasteiger partial charge on any atom is -0.321 e. The molecule has 170 valence electrons. The molecule has 2 saturated carbocycles. The number of H-pyrrole nitrogens is 1. The van der Waals surface area contributed by atoms with E-state index in [0.29, 0.717) is 18.6 Å². The molecule has 32 heavy (non-hydrogen) atoms. The SMILES string of the molecule is CC[C@@H](c1nnnn1C1CCCC1)N(Cc1cc2cccc(C)c2[nH]c1=O)C1CCCC1. The number of hydrogen-bond donors (Lipinski definition) is 1. The Bertz CT molecular complexity index is 1120. The van der Waals surface area contributed by atoms with Gasteiger partial charge in [-0.05, 0) is 66.5 Å². The van der Waals surface area contributed by atoms with Gasteiger partial charge in [0.05, 0.1) is 17.6 Å². The van der Waals surface area contributed by atoms with Crippen LogP contribution in [0.3, 0.4) is 0 Å². The summed E-state index contributed by atoms with van der Waals surface area (Å²) in [6.07, 6.45) is 10.6. The van der Waals surface area contributed by atoms with Crippen molar-refractivity contribution in [1.82, 2.24) is 30.1 Å². The number of nitrogens with one attached hydrogen (secondary N) is 1. The molecular weight excluding hydrogens is 400 g/mol. The fourth-order valence-corrected chi connectivity index (χ4v) is 5.87. The molecule has 0 amide bonds. The van der Waals surface area contributed by atoms with Crippen molar-refractivity contribution in [1.29, 1.82) is 0 Å². The molecular formula is C25H34N6O. The number of aryl methyl sites for hydroxylation is 1. The molecule has 3 aromatic rings. The highest BCUT2D eigenvalue weighted by atomic mass is 16.1. The zero-order chi connectivity index (χ0) is 22.1. The Morgan fingerprint density at radius 1 is 1.16 bits per heavy atom. The molecule has 7 heteroatoms. The third-order valence-corrected chi connectivity index (χ3v) is 7.59. The summed E-state index contributed by atoms with van der Waals surface area (Å²) in [4.78, 5) is 18.7. The molecule has 0 aliphatic heterocycles. The van der Waals surface area contributed by atoms with Gasteiger partial charge in [0.2, 0.25) is 0 Å². The van der Waals surface area contributed by atoms with Gasteiger partial charge < -0.3 is 4.98 Å². The first-order valence-corrected chi connectivity index (χ1v) is 12.3. The van der Waals surface area contributed by atoms with Crippen LogP contribution in [0.2, 0.25) is 0 Å². The predicted octanol–water partition coefficient (Wildman–Crippen LogP) is 4.83. The molecule has 5 rings (SSSR count). The van der Waals surface area contributed by atoms with Crippen LogP contribution in [-0.4, -0.2) is 36.1 Å². The fourth-order valence-electron chi connectivity index (χ4n) is 5.87. The van der Waals surface area contributed by atoms with Gasteiger partial charge in [0.1, 0.15) is 0 Å². The van der Waals surface area contributed by atoms with E-state index >= 15 is 0 Å². The lowest BCUT2D eigenvalue weighted by molar-refractivity contribution is 0.110. The summed E-state index contributed by atoms with van der Waals surface area (Å²) >= 11 is 0. The second kappa shape index (κ2) is 9.14. The van der Waals surface area contributed by atoms with Crippen molar-refractivity contribution in [2.24, 2.45) is 0 Å². The smallest absolute Gasteiger partial charge is 0.252 e. The molecule has 1 N–H and O–H groups in total. The highest BCUT2D eigenvalue weighted by Crippen LogP contribution is 2.36. The average molecular weight is 435 g/mol. The van der Waals surface area contributed by atoms with Crippen LogP contribution >= 0.6 is 0 Å². The van der Waals surface area contributed by atoms with Crippen LogP contribution < -0.4 is 5.56 Å². The fraction of sp³-hybridized carbons (Fsp3) is 0.600. The van der Waals surface area contributed by atoms with Crippen LogP contribution in [0.25, 0.3) is 10.9 Å². The van der Waals surface area contributed by atoms with E-state index in [4.69, 9.17) is 0 Å². The quantitative estimate of drug-likeness (QED) is 0.576. The summed E-state index contributed by atoms with van der Waals surface area (Å²) in [7, 11) is 0. The molecule has 7 nitrogen and oxygen atoms in total. The zero-order valence-corrected chi connectivity index (χ0v) is 19.3. The number of pyridine rings is 1. The molecule has 0 unspecified atom stereocenters. The van der Waals surface area contributed by atoms with Crippen LogP contribution in [0.4, 0.5) is 0 Å². The second-order valence-corrected chi connectivity index (χ2v) is 9.62. The Labute approximate surface area is 189 Å². The number of hydrogen-bond acceptors (Lipinski definition) is 5. The van der Waals surface area contributed by atoms with Crippen molar-refractivity contribution in [3.05, 3.63) is 51.6 Å². The predicted molar refractivity (Wildman–Crippen MR) is 125 cm³/mol. The number of benzene rings is 1. The summed E-state index contributed by atoms with van der Waals surface area (Å²) in [5, 5.41) is 14.1. The van der Waals surface area contributed by atoms with Gasteiger partial charge in [0.15, 0.2) is 5.82 Å². The molecule has 2 fully saturated rings. The van der Waals surface area contributed by atoms with Crippen molar-refractivity contribution in [3.8, 4) is 0 Å². The highest BCUT2D eigenvalue weighted by Gasteiger charge is 2.34. The summed E-state index contributed by atoms with van der Waals surface area (Å²) in [5.74, 6) is 0.972. The normalized spacial score (nSPS) is 18.8. The lowest BCUT2D eigenvalue weighted by Gasteiger charge is -2.35. The molecule has 0 spiro atoms. The maximum Gasteiger partial charge on any atom is 0.252 e. The summed E-state index contributed by atoms with van der Waals surface area (Å²) in [6.45, 7) is 4.88. The van der Waals surface area contributed by atoms with Gasteiger partial charge in [-0.1, -0.05) is 50.8 Å². The number of rotatable bonds is 7. The van der Waals surface area contributed by atoms with Crippen LogP contribution in [-0.2, 0) is 6.54 Å². The molecule has 1 aromatic carbocycles. The Morgan fingerprint density at radius 3 is 2.66 bits per heavy atom. The van der Waals surface area contributed by atoms with Crippen molar-refractivity contribution in [2.45, 2.75) is 96.3 Å². The Kier molecular flexibility index (Phi) is 6.09. The molecule has 2 aromatic heterocycles. The van der Waals surface area contributed by atoms with Gasteiger partial charge in [-0.3, -0.25) is 9.69 Å². The topological polar surface area (TPSA) is 79.7 Å². The lowest BCUT2D eigenvalue weighted by Crippen LogP contribution is -2.39. The molecule has 2 heterocycles. The van der Waals surface area contributed by atoms with Crippen LogP contribution in [0.15, 0.2) is 29.1 Å². The second-order valence-electron chi connectivity index (χ2n) is 9.62. The van der Waals surface area contributed by atoms with Gasteiger partial charge in [-0.15, -0.1) is 5.10 Å².